The quantitative estimate of drug-likeness (QED) is 0.819. The van der Waals surface area contributed by atoms with Crippen molar-refractivity contribution in [2.45, 2.75) is 19.8 Å². The minimum absolute atomic E-state index is 0.0680. The number of hydrogen-bond donors (Lipinski definition) is 0. The zero-order valence-electron chi connectivity index (χ0n) is 15.2. The van der Waals surface area contributed by atoms with Crippen molar-refractivity contribution in [1.29, 1.82) is 0 Å². The number of carbonyl (C=O) groups is 1. The average Bonchev–Trinajstić information content (AvgIpc) is 2.94. The molecule has 0 radical (unpaired) electrons. The van der Waals surface area contributed by atoms with Gasteiger partial charge in [0.05, 0.1) is 5.02 Å². The number of rotatable bonds is 4. The molecule has 26 heavy (non-hydrogen) atoms. The van der Waals surface area contributed by atoms with E-state index >= 15 is 0 Å². The highest BCUT2D eigenvalue weighted by Crippen LogP contribution is 2.26. The summed E-state index contributed by atoms with van der Waals surface area (Å²) < 4.78 is 15.7. The maximum Gasteiger partial charge on any atom is 0.274 e. The predicted octanol–water partition coefficient (Wildman–Crippen LogP) is 2.90. The van der Waals surface area contributed by atoms with Crippen molar-refractivity contribution >= 4 is 23.3 Å². The van der Waals surface area contributed by atoms with Crippen LogP contribution in [0.5, 0.6) is 0 Å². The summed E-state index contributed by atoms with van der Waals surface area (Å²) in [6, 6.07) is 3.09. The van der Waals surface area contributed by atoms with E-state index in [9.17, 15) is 9.18 Å². The SMILES string of the molecule is Cc1cc(C(=O)N(C)CC2CCN(c3ncc(Cl)cc3F)CC2)nn1C. The third kappa shape index (κ3) is 3.98. The van der Waals surface area contributed by atoms with E-state index in [1.807, 2.05) is 18.9 Å². The van der Waals surface area contributed by atoms with Crippen LogP contribution in [0.2, 0.25) is 5.02 Å². The first-order chi connectivity index (χ1) is 12.3. The van der Waals surface area contributed by atoms with Crippen molar-refractivity contribution in [3.05, 3.63) is 40.6 Å². The standard InChI is InChI=1S/C18H23ClFN5O/c1-12-8-16(22-24(12)3)18(26)23(2)11-13-4-6-25(7-5-13)17-15(20)9-14(19)10-21-17/h8-10,13H,4-7,11H2,1-3H3. The largest absolute Gasteiger partial charge is 0.354 e. The average molecular weight is 380 g/mol. The molecular formula is C18H23ClFN5O. The van der Waals surface area contributed by atoms with Crippen LogP contribution < -0.4 is 4.90 Å². The molecule has 0 N–H and O–H groups in total. The van der Waals surface area contributed by atoms with Crippen LogP contribution in [0.15, 0.2) is 18.3 Å². The van der Waals surface area contributed by atoms with E-state index < -0.39 is 5.82 Å². The fraction of sp³-hybridized carbons (Fsp3) is 0.500. The van der Waals surface area contributed by atoms with Crippen molar-refractivity contribution in [3.8, 4) is 0 Å². The van der Waals surface area contributed by atoms with E-state index in [-0.39, 0.29) is 5.91 Å². The smallest absolute Gasteiger partial charge is 0.274 e. The molecule has 1 aliphatic rings. The number of aromatic nitrogens is 3. The van der Waals surface area contributed by atoms with Crippen LogP contribution in [0.25, 0.3) is 0 Å². The number of carbonyl (C=O) groups excluding carboxylic acids is 1. The summed E-state index contributed by atoms with van der Waals surface area (Å²) in [7, 11) is 3.63. The molecule has 2 aromatic heterocycles. The Kier molecular flexibility index (Phi) is 5.46. The van der Waals surface area contributed by atoms with E-state index in [0.29, 0.717) is 42.1 Å². The lowest BCUT2D eigenvalue weighted by atomic mass is 9.96. The number of nitrogens with zero attached hydrogens (tertiary/aromatic N) is 5. The Morgan fingerprint density at radius 1 is 1.38 bits per heavy atom. The van der Waals surface area contributed by atoms with Gasteiger partial charge in [-0.15, -0.1) is 0 Å². The zero-order valence-corrected chi connectivity index (χ0v) is 16.0. The molecule has 2 aromatic rings. The van der Waals surface area contributed by atoms with Gasteiger partial charge < -0.3 is 9.80 Å². The molecule has 0 saturated carbocycles. The van der Waals surface area contributed by atoms with Gasteiger partial charge in [0.25, 0.3) is 5.91 Å². The Bertz CT molecular complexity index is 781. The van der Waals surface area contributed by atoms with E-state index in [2.05, 4.69) is 10.1 Å². The Morgan fingerprint density at radius 3 is 2.65 bits per heavy atom. The van der Waals surface area contributed by atoms with Gasteiger partial charge in [-0.1, -0.05) is 11.6 Å². The summed E-state index contributed by atoms with van der Waals surface area (Å²) in [5.74, 6) is 0.261. The number of halogens is 2. The highest BCUT2D eigenvalue weighted by molar-refractivity contribution is 6.30. The van der Waals surface area contributed by atoms with Crippen molar-refractivity contribution in [2.75, 3.05) is 31.6 Å². The maximum atomic E-state index is 14.0. The molecule has 1 saturated heterocycles. The molecule has 3 rings (SSSR count). The summed E-state index contributed by atoms with van der Waals surface area (Å²) in [6.07, 6.45) is 3.22. The Labute approximate surface area is 157 Å². The fourth-order valence-corrected chi connectivity index (χ4v) is 3.44. The van der Waals surface area contributed by atoms with Crippen molar-refractivity contribution in [3.63, 3.8) is 0 Å². The number of aryl methyl sites for hydroxylation is 2. The Morgan fingerprint density at radius 2 is 2.08 bits per heavy atom. The fourth-order valence-electron chi connectivity index (χ4n) is 3.30. The maximum absolute atomic E-state index is 14.0. The lowest BCUT2D eigenvalue weighted by Gasteiger charge is -2.34. The molecule has 0 atom stereocenters. The molecular weight excluding hydrogens is 357 g/mol. The Hall–Kier alpha value is -2.15. The van der Waals surface area contributed by atoms with E-state index in [1.54, 1.807) is 22.7 Å². The Balaban J connectivity index is 1.55. The molecule has 8 heteroatoms. The van der Waals surface area contributed by atoms with Crippen molar-refractivity contribution in [1.82, 2.24) is 19.7 Å². The van der Waals surface area contributed by atoms with Crippen LogP contribution in [0.1, 0.15) is 29.0 Å². The number of amides is 1. The summed E-state index contributed by atoms with van der Waals surface area (Å²) >= 11 is 5.76. The summed E-state index contributed by atoms with van der Waals surface area (Å²) in [5.41, 5.74) is 1.42. The van der Waals surface area contributed by atoms with Gasteiger partial charge in [0, 0.05) is 45.6 Å². The van der Waals surface area contributed by atoms with Crippen LogP contribution in [-0.4, -0.2) is 52.3 Å². The van der Waals surface area contributed by atoms with Gasteiger partial charge in [0.15, 0.2) is 17.3 Å². The molecule has 0 unspecified atom stereocenters. The van der Waals surface area contributed by atoms with Gasteiger partial charge in [-0.3, -0.25) is 9.48 Å². The molecule has 1 fully saturated rings. The van der Waals surface area contributed by atoms with Crippen LogP contribution in [0.4, 0.5) is 10.2 Å². The summed E-state index contributed by atoms with van der Waals surface area (Å²) in [6.45, 7) is 4.00. The van der Waals surface area contributed by atoms with Crippen LogP contribution in [0, 0.1) is 18.7 Å². The van der Waals surface area contributed by atoms with Gasteiger partial charge in [-0.05, 0) is 37.8 Å². The summed E-state index contributed by atoms with van der Waals surface area (Å²) in [4.78, 5) is 20.3. The first-order valence-electron chi connectivity index (χ1n) is 8.67. The molecule has 0 aliphatic carbocycles. The first-order valence-corrected chi connectivity index (χ1v) is 9.05. The minimum Gasteiger partial charge on any atom is -0.354 e. The summed E-state index contributed by atoms with van der Waals surface area (Å²) in [5, 5.41) is 4.55. The number of piperidine rings is 1. The van der Waals surface area contributed by atoms with Gasteiger partial charge in [-0.25, -0.2) is 9.37 Å². The highest BCUT2D eigenvalue weighted by Gasteiger charge is 2.25. The molecule has 3 heterocycles. The molecule has 1 aliphatic heterocycles. The monoisotopic (exact) mass is 379 g/mol. The lowest BCUT2D eigenvalue weighted by molar-refractivity contribution is 0.0758. The van der Waals surface area contributed by atoms with Crippen molar-refractivity contribution < 1.29 is 9.18 Å². The second kappa shape index (κ2) is 7.61. The molecule has 1 amide bonds. The third-order valence-corrected chi connectivity index (χ3v) is 5.12. The number of anilines is 1. The first kappa shape index (κ1) is 18.6. The van der Waals surface area contributed by atoms with Crippen LogP contribution in [0.3, 0.4) is 0 Å². The van der Waals surface area contributed by atoms with E-state index in [1.165, 1.54) is 12.3 Å². The molecule has 0 spiro atoms. The van der Waals surface area contributed by atoms with E-state index in [0.717, 1.165) is 18.5 Å². The van der Waals surface area contributed by atoms with Gasteiger partial charge >= 0.3 is 0 Å². The second-order valence-electron chi connectivity index (χ2n) is 6.87. The van der Waals surface area contributed by atoms with E-state index in [4.69, 9.17) is 11.6 Å². The second-order valence-corrected chi connectivity index (χ2v) is 7.31. The third-order valence-electron chi connectivity index (χ3n) is 4.91. The van der Waals surface area contributed by atoms with Crippen LogP contribution >= 0.6 is 11.6 Å². The molecule has 140 valence electrons. The van der Waals surface area contributed by atoms with Gasteiger partial charge in [-0.2, -0.15) is 5.10 Å². The van der Waals surface area contributed by atoms with Crippen molar-refractivity contribution in [2.24, 2.45) is 13.0 Å². The number of pyridine rings is 1. The van der Waals surface area contributed by atoms with Gasteiger partial charge in [0.1, 0.15) is 0 Å². The van der Waals surface area contributed by atoms with Crippen LogP contribution in [-0.2, 0) is 7.05 Å². The molecule has 0 bridgehead atoms. The van der Waals surface area contributed by atoms with Gasteiger partial charge in [0.2, 0.25) is 0 Å². The number of hydrogen-bond acceptors (Lipinski definition) is 4. The predicted molar refractivity (Wildman–Crippen MR) is 99.0 cm³/mol. The zero-order chi connectivity index (χ0) is 18.8. The minimum atomic E-state index is -0.395. The molecule has 0 aromatic carbocycles. The topological polar surface area (TPSA) is 54.3 Å². The highest BCUT2D eigenvalue weighted by atomic mass is 35.5. The molecule has 6 nitrogen and oxygen atoms in total. The normalized spacial score (nSPS) is 15.3. The lowest BCUT2D eigenvalue weighted by Crippen LogP contribution is -2.40.